The van der Waals surface area contributed by atoms with Gasteiger partial charge in [0.05, 0.1) is 10.7 Å². The zero-order valence-electron chi connectivity index (χ0n) is 12.8. The summed E-state index contributed by atoms with van der Waals surface area (Å²) in [5, 5.41) is 10.2. The molecule has 0 aliphatic carbocycles. The van der Waals surface area contributed by atoms with E-state index < -0.39 is 0 Å². The van der Waals surface area contributed by atoms with Crippen molar-refractivity contribution in [3.05, 3.63) is 75.3 Å². The van der Waals surface area contributed by atoms with Crippen LogP contribution in [0.4, 0.5) is 10.2 Å². The standard InChI is InChI=1S/C18H11Cl2FN4/c19-11-3-6-13(15(20)8-11)17-14(9-22)18(23)25-16(24-17)7-10-1-4-12(21)5-2-10/h1-6,8H,7H2,(H2,23,24,25). The zero-order valence-corrected chi connectivity index (χ0v) is 14.3. The molecule has 124 valence electrons. The monoisotopic (exact) mass is 372 g/mol. The molecule has 0 spiro atoms. The summed E-state index contributed by atoms with van der Waals surface area (Å²) < 4.78 is 13.0. The first-order valence-corrected chi connectivity index (χ1v) is 8.00. The highest BCUT2D eigenvalue weighted by atomic mass is 35.5. The number of aromatic nitrogens is 2. The summed E-state index contributed by atoms with van der Waals surface area (Å²) in [5.41, 5.74) is 7.77. The Labute approximate surface area is 153 Å². The number of anilines is 1. The van der Waals surface area contributed by atoms with E-state index in [-0.39, 0.29) is 17.2 Å². The minimum absolute atomic E-state index is 0.0654. The van der Waals surface area contributed by atoms with Gasteiger partial charge in [-0.2, -0.15) is 5.26 Å². The molecule has 1 heterocycles. The van der Waals surface area contributed by atoms with Crippen LogP contribution in [0.1, 0.15) is 17.0 Å². The highest BCUT2D eigenvalue weighted by Crippen LogP contribution is 2.32. The Kier molecular flexibility index (Phi) is 4.84. The molecule has 0 radical (unpaired) electrons. The summed E-state index contributed by atoms with van der Waals surface area (Å²) in [6.07, 6.45) is 0.342. The van der Waals surface area contributed by atoms with Gasteiger partial charge >= 0.3 is 0 Å². The first kappa shape index (κ1) is 17.2. The summed E-state index contributed by atoms with van der Waals surface area (Å²) in [6.45, 7) is 0. The highest BCUT2D eigenvalue weighted by Gasteiger charge is 2.17. The van der Waals surface area contributed by atoms with Crippen LogP contribution < -0.4 is 5.73 Å². The summed E-state index contributed by atoms with van der Waals surface area (Å²) in [5.74, 6) is 0.150. The maximum Gasteiger partial charge on any atom is 0.145 e. The predicted octanol–water partition coefficient (Wildman–Crippen LogP) is 4.63. The van der Waals surface area contributed by atoms with Crippen molar-refractivity contribution in [1.29, 1.82) is 5.26 Å². The minimum atomic E-state index is -0.322. The zero-order chi connectivity index (χ0) is 18.0. The number of benzene rings is 2. The lowest BCUT2D eigenvalue weighted by Gasteiger charge is -2.10. The molecule has 0 aliphatic rings. The first-order valence-electron chi connectivity index (χ1n) is 7.24. The second kappa shape index (κ2) is 7.06. The van der Waals surface area contributed by atoms with E-state index in [4.69, 9.17) is 28.9 Å². The van der Waals surface area contributed by atoms with Crippen molar-refractivity contribution in [3.63, 3.8) is 0 Å². The normalized spacial score (nSPS) is 10.5. The van der Waals surface area contributed by atoms with Crippen LogP contribution in [0.25, 0.3) is 11.3 Å². The molecule has 7 heteroatoms. The molecule has 0 saturated carbocycles. The van der Waals surface area contributed by atoms with Crippen LogP contribution in [0.5, 0.6) is 0 Å². The molecule has 4 nitrogen and oxygen atoms in total. The number of nitrogens with two attached hydrogens (primary N) is 1. The third-order valence-corrected chi connectivity index (χ3v) is 4.10. The van der Waals surface area contributed by atoms with Crippen LogP contribution in [0.3, 0.4) is 0 Å². The number of nitrogen functional groups attached to an aromatic ring is 1. The summed E-state index contributed by atoms with van der Waals surface area (Å²) in [6, 6.07) is 12.9. The van der Waals surface area contributed by atoms with Crippen molar-refractivity contribution in [1.82, 2.24) is 9.97 Å². The SMILES string of the molecule is N#Cc1c(N)nc(Cc2ccc(F)cc2)nc1-c1ccc(Cl)cc1Cl. The lowest BCUT2D eigenvalue weighted by Crippen LogP contribution is -2.06. The molecular weight excluding hydrogens is 362 g/mol. The Bertz CT molecular complexity index is 982. The molecule has 0 amide bonds. The van der Waals surface area contributed by atoms with Crippen molar-refractivity contribution >= 4 is 29.0 Å². The fourth-order valence-corrected chi connectivity index (χ4v) is 2.87. The number of hydrogen-bond donors (Lipinski definition) is 1. The van der Waals surface area contributed by atoms with E-state index in [1.54, 1.807) is 30.3 Å². The summed E-state index contributed by atoms with van der Waals surface area (Å²) >= 11 is 12.2. The minimum Gasteiger partial charge on any atom is -0.382 e. The average molecular weight is 373 g/mol. The summed E-state index contributed by atoms with van der Waals surface area (Å²) in [7, 11) is 0. The van der Waals surface area contributed by atoms with Crippen LogP contribution in [0, 0.1) is 17.1 Å². The van der Waals surface area contributed by atoms with E-state index in [1.165, 1.54) is 12.1 Å². The fourth-order valence-electron chi connectivity index (χ4n) is 2.38. The Balaban J connectivity index is 2.09. The molecule has 0 atom stereocenters. The van der Waals surface area contributed by atoms with Gasteiger partial charge in [-0.05, 0) is 35.9 Å². The van der Waals surface area contributed by atoms with Crippen molar-refractivity contribution in [2.24, 2.45) is 0 Å². The number of rotatable bonds is 3. The number of nitrogens with zero attached hydrogens (tertiary/aromatic N) is 3. The predicted molar refractivity (Wildman–Crippen MR) is 95.8 cm³/mol. The van der Waals surface area contributed by atoms with Crippen LogP contribution >= 0.6 is 23.2 Å². The van der Waals surface area contributed by atoms with Gasteiger partial charge in [-0.15, -0.1) is 0 Å². The molecule has 2 N–H and O–H groups in total. The Hall–Kier alpha value is -2.68. The Morgan fingerprint density at radius 3 is 2.44 bits per heavy atom. The van der Waals surface area contributed by atoms with E-state index in [0.29, 0.717) is 33.5 Å². The Morgan fingerprint density at radius 2 is 1.80 bits per heavy atom. The third-order valence-electron chi connectivity index (χ3n) is 3.56. The van der Waals surface area contributed by atoms with Crippen LogP contribution in [0.2, 0.25) is 10.0 Å². The lowest BCUT2D eigenvalue weighted by atomic mass is 10.1. The molecule has 0 aliphatic heterocycles. The molecule has 0 saturated heterocycles. The molecule has 0 bridgehead atoms. The molecule has 25 heavy (non-hydrogen) atoms. The van der Waals surface area contributed by atoms with Crippen molar-refractivity contribution in [2.45, 2.75) is 6.42 Å². The maximum atomic E-state index is 13.0. The molecule has 0 unspecified atom stereocenters. The van der Waals surface area contributed by atoms with Crippen LogP contribution in [-0.2, 0) is 6.42 Å². The molecule has 2 aromatic carbocycles. The van der Waals surface area contributed by atoms with E-state index >= 15 is 0 Å². The van der Waals surface area contributed by atoms with Crippen LogP contribution in [0.15, 0.2) is 42.5 Å². The molecular formula is C18H11Cl2FN4. The van der Waals surface area contributed by atoms with Gasteiger partial charge in [-0.3, -0.25) is 0 Å². The van der Waals surface area contributed by atoms with E-state index in [2.05, 4.69) is 9.97 Å². The van der Waals surface area contributed by atoms with E-state index in [9.17, 15) is 9.65 Å². The first-order chi connectivity index (χ1) is 12.0. The molecule has 1 aromatic heterocycles. The van der Waals surface area contributed by atoms with Gasteiger partial charge in [0.25, 0.3) is 0 Å². The quantitative estimate of drug-likeness (QED) is 0.726. The van der Waals surface area contributed by atoms with Crippen molar-refractivity contribution in [2.75, 3.05) is 5.73 Å². The van der Waals surface area contributed by atoms with E-state index in [1.807, 2.05) is 6.07 Å². The number of hydrogen-bond acceptors (Lipinski definition) is 4. The largest absolute Gasteiger partial charge is 0.382 e. The highest BCUT2D eigenvalue weighted by molar-refractivity contribution is 6.36. The van der Waals surface area contributed by atoms with Gasteiger partial charge in [-0.25, -0.2) is 14.4 Å². The smallest absolute Gasteiger partial charge is 0.145 e. The topological polar surface area (TPSA) is 75.6 Å². The molecule has 3 aromatic rings. The van der Waals surface area contributed by atoms with Gasteiger partial charge in [0.2, 0.25) is 0 Å². The molecule has 0 fully saturated rings. The molecule has 3 rings (SSSR count). The van der Waals surface area contributed by atoms with Gasteiger partial charge in [0.15, 0.2) is 0 Å². The van der Waals surface area contributed by atoms with Crippen molar-refractivity contribution < 1.29 is 4.39 Å². The lowest BCUT2D eigenvalue weighted by molar-refractivity contribution is 0.627. The Morgan fingerprint density at radius 1 is 1.08 bits per heavy atom. The number of halogens is 3. The fraction of sp³-hybridized carbons (Fsp3) is 0.0556. The van der Waals surface area contributed by atoms with Gasteiger partial charge in [-0.1, -0.05) is 35.3 Å². The third kappa shape index (κ3) is 3.71. The van der Waals surface area contributed by atoms with Gasteiger partial charge in [0, 0.05) is 17.0 Å². The van der Waals surface area contributed by atoms with Gasteiger partial charge < -0.3 is 5.73 Å². The second-order valence-electron chi connectivity index (χ2n) is 5.29. The summed E-state index contributed by atoms with van der Waals surface area (Å²) in [4.78, 5) is 8.62. The van der Waals surface area contributed by atoms with Gasteiger partial charge in [0.1, 0.15) is 29.1 Å². The maximum absolute atomic E-state index is 13.0. The van der Waals surface area contributed by atoms with Crippen LogP contribution in [-0.4, -0.2) is 9.97 Å². The average Bonchev–Trinajstić information content (AvgIpc) is 2.56. The van der Waals surface area contributed by atoms with Crippen molar-refractivity contribution in [3.8, 4) is 17.3 Å². The second-order valence-corrected chi connectivity index (χ2v) is 6.13. The van der Waals surface area contributed by atoms with E-state index in [0.717, 1.165) is 5.56 Å². The number of nitriles is 1.